The van der Waals surface area contributed by atoms with E-state index < -0.39 is 6.03 Å². The van der Waals surface area contributed by atoms with E-state index in [1.54, 1.807) is 7.11 Å². The minimum absolute atomic E-state index is 0.104. The normalized spacial score (nSPS) is 13.7. The summed E-state index contributed by atoms with van der Waals surface area (Å²) in [6, 6.07) is 14.6. The van der Waals surface area contributed by atoms with E-state index in [2.05, 4.69) is 20.9 Å². The van der Waals surface area contributed by atoms with Crippen LogP contribution in [-0.2, 0) is 22.6 Å². The van der Waals surface area contributed by atoms with Gasteiger partial charge in [-0.25, -0.2) is 4.79 Å². The quantitative estimate of drug-likeness (QED) is 0.474. The topological polar surface area (TPSA) is 101 Å². The lowest BCUT2D eigenvalue weighted by atomic mass is 10.2. The fraction of sp³-hybridized carbons (Fsp3) is 0.417. The molecule has 9 heteroatoms. The molecule has 2 aromatic carbocycles. The largest absolute Gasteiger partial charge is 0.497 e. The van der Waals surface area contributed by atoms with E-state index >= 15 is 0 Å². The number of hydrogen-bond donors (Lipinski definition) is 3. The van der Waals surface area contributed by atoms with Crippen molar-refractivity contribution in [1.82, 2.24) is 20.9 Å². The first-order valence-electron chi connectivity index (χ1n) is 11.1. The molecular formula is C24H32N4O5. The van der Waals surface area contributed by atoms with Gasteiger partial charge in [-0.15, -0.1) is 0 Å². The molecule has 0 aliphatic carbocycles. The highest BCUT2D eigenvalue weighted by molar-refractivity contribution is 5.83. The standard InChI is InChI=1S/C24H32N4O5/c1-31-21-7-5-19(6-8-21)16-25-23(29)18-27-24(30)26-17-20-3-2-4-22(15-20)33-14-11-28-9-12-32-13-10-28/h2-8,15H,9-14,16-18H2,1H3,(H,25,29)(H2,26,27,30). The fourth-order valence-electron chi connectivity index (χ4n) is 3.27. The molecule has 0 bridgehead atoms. The summed E-state index contributed by atoms with van der Waals surface area (Å²) < 4.78 is 16.3. The maximum atomic E-state index is 12.0. The maximum absolute atomic E-state index is 12.0. The van der Waals surface area contributed by atoms with Crippen molar-refractivity contribution in [3.05, 3.63) is 59.7 Å². The van der Waals surface area contributed by atoms with Gasteiger partial charge in [0.2, 0.25) is 5.91 Å². The number of benzene rings is 2. The molecular weight excluding hydrogens is 424 g/mol. The summed E-state index contributed by atoms with van der Waals surface area (Å²) in [6.45, 7) is 5.47. The van der Waals surface area contributed by atoms with E-state index in [1.807, 2.05) is 48.5 Å². The Balaban J connectivity index is 1.30. The molecule has 1 saturated heterocycles. The van der Waals surface area contributed by atoms with E-state index in [1.165, 1.54) is 0 Å². The summed E-state index contributed by atoms with van der Waals surface area (Å²) in [5, 5.41) is 8.08. The zero-order valence-corrected chi connectivity index (χ0v) is 19.0. The number of rotatable bonds is 11. The average molecular weight is 457 g/mol. The summed E-state index contributed by atoms with van der Waals surface area (Å²) in [5.41, 5.74) is 1.86. The second kappa shape index (κ2) is 13.3. The SMILES string of the molecule is COc1ccc(CNC(=O)CNC(=O)NCc2cccc(OCCN3CCOCC3)c2)cc1. The number of methoxy groups -OCH3 is 1. The molecule has 3 amide bonds. The number of nitrogens with one attached hydrogen (secondary N) is 3. The van der Waals surface area contributed by atoms with Crippen molar-refractivity contribution in [2.75, 3.05) is 53.1 Å². The van der Waals surface area contributed by atoms with Crippen molar-refractivity contribution in [2.45, 2.75) is 13.1 Å². The molecule has 0 aromatic heterocycles. The van der Waals surface area contributed by atoms with Crippen LogP contribution in [0.3, 0.4) is 0 Å². The van der Waals surface area contributed by atoms with Gasteiger partial charge in [0.25, 0.3) is 0 Å². The lowest BCUT2D eigenvalue weighted by Gasteiger charge is -2.26. The molecule has 3 rings (SSSR count). The van der Waals surface area contributed by atoms with Crippen LogP contribution in [0, 0.1) is 0 Å². The molecule has 1 aliphatic heterocycles. The number of ether oxygens (including phenoxy) is 3. The molecule has 1 heterocycles. The predicted octanol–water partition coefficient (Wildman–Crippen LogP) is 1.52. The highest BCUT2D eigenvalue weighted by Crippen LogP contribution is 2.13. The summed E-state index contributed by atoms with van der Waals surface area (Å²) in [5.74, 6) is 1.26. The van der Waals surface area contributed by atoms with E-state index in [-0.39, 0.29) is 12.5 Å². The van der Waals surface area contributed by atoms with Gasteiger partial charge in [-0.05, 0) is 35.4 Å². The van der Waals surface area contributed by atoms with Crippen LogP contribution in [0.2, 0.25) is 0 Å². The van der Waals surface area contributed by atoms with Crippen LogP contribution >= 0.6 is 0 Å². The number of morpholine rings is 1. The lowest BCUT2D eigenvalue weighted by Crippen LogP contribution is -2.41. The number of carbonyl (C=O) groups excluding carboxylic acids is 2. The average Bonchev–Trinajstić information content (AvgIpc) is 2.86. The van der Waals surface area contributed by atoms with Gasteiger partial charge in [-0.3, -0.25) is 9.69 Å². The fourth-order valence-corrected chi connectivity index (χ4v) is 3.27. The highest BCUT2D eigenvalue weighted by Gasteiger charge is 2.10. The molecule has 0 radical (unpaired) electrons. The van der Waals surface area contributed by atoms with Crippen LogP contribution in [0.5, 0.6) is 11.5 Å². The smallest absolute Gasteiger partial charge is 0.315 e. The Kier molecular flexibility index (Phi) is 9.81. The molecule has 0 spiro atoms. The van der Waals surface area contributed by atoms with Gasteiger partial charge in [0.1, 0.15) is 18.1 Å². The number of urea groups is 1. The number of nitrogens with zero attached hydrogens (tertiary/aromatic N) is 1. The second-order valence-electron chi connectivity index (χ2n) is 7.61. The van der Waals surface area contributed by atoms with Crippen LogP contribution < -0.4 is 25.4 Å². The molecule has 3 N–H and O–H groups in total. The zero-order valence-electron chi connectivity index (χ0n) is 19.0. The first-order chi connectivity index (χ1) is 16.1. The second-order valence-corrected chi connectivity index (χ2v) is 7.61. The first kappa shape index (κ1) is 24.3. The van der Waals surface area contributed by atoms with Gasteiger partial charge >= 0.3 is 6.03 Å². The molecule has 1 aliphatic rings. The van der Waals surface area contributed by atoms with Crippen molar-refractivity contribution < 1.29 is 23.8 Å². The van der Waals surface area contributed by atoms with Crippen molar-refractivity contribution in [2.24, 2.45) is 0 Å². The molecule has 2 aromatic rings. The van der Waals surface area contributed by atoms with E-state index in [9.17, 15) is 9.59 Å². The van der Waals surface area contributed by atoms with Gasteiger partial charge in [0.05, 0.1) is 26.9 Å². The number of amides is 3. The Morgan fingerprint density at radius 2 is 1.70 bits per heavy atom. The Labute approximate surface area is 194 Å². The Morgan fingerprint density at radius 3 is 2.45 bits per heavy atom. The molecule has 0 unspecified atom stereocenters. The van der Waals surface area contributed by atoms with Crippen molar-refractivity contribution in [3.8, 4) is 11.5 Å². The van der Waals surface area contributed by atoms with Gasteiger partial charge in [-0.2, -0.15) is 0 Å². The molecule has 1 fully saturated rings. The first-order valence-corrected chi connectivity index (χ1v) is 11.1. The summed E-state index contributed by atoms with van der Waals surface area (Å²) in [7, 11) is 1.60. The highest BCUT2D eigenvalue weighted by atomic mass is 16.5. The van der Waals surface area contributed by atoms with Crippen LogP contribution in [0.1, 0.15) is 11.1 Å². The van der Waals surface area contributed by atoms with Crippen molar-refractivity contribution in [3.63, 3.8) is 0 Å². The molecule has 0 saturated carbocycles. The number of hydrogen-bond acceptors (Lipinski definition) is 6. The molecule has 178 valence electrons. The van der Waals surface area contributed by atoms with Crippen LogP contribution in [-0.4, -0.2) is 69.9 Å². The Bertz CT molecular complexity index is 885. The van der Waals surface area contributed by atoms with Gasteiger partial charge in [-0.1, -0.05) is 24.3 Å². The lowest BCUT2D eigenvalue weighted by molar-refractivity contribution is -0.120. The Hall–Kier alpha value is -3.30. The van der Waals surface area contributed by atoms with Gasteiger partial charge in [0.15, 0.2) is 0 Å². The van der Waals surface area contributed by atoms with E-state index in [0.717, 1.165) is 55.5 Å². The summed E-state index contributed by atoms with van der Waals surface area (Å²) >= 11 is 0. The van der Waals surface area contributed by atoms with E-state index in [4.69, 9.17) is 14.2 Å². The third-order valence-electron chi connectivity index (χ3n) is 5.19. The predicted molar refractivity (Wildman–Crippen MR) is 124 cm³/mol. The minimum Gasteiger partial charge on any atom is -0.497 e. The van der Waals surface area contributed by atoms with Crippen molar-refractivity contribution in [1.29, 1.82) is 0 Å². The monoisotopic (exact) mass is 456 g/mol. The maximum Gasteiger partial charge on any atom is 0.315 e. The number of carbonyl (C=O) groups is 2. The van der Waals surface area contributed by atoms with Crippen molar-refractivity contribution >= 4 is 11.9 Å². The molecule has 33 heavy (non-hydrogen) atoms. The van der Waals surface area contributed by atoms with Crippen LogP contribution in [0.25, 0.3) is 0 Å². The van der Waals surface area contributed by atoms with Crippen LogP contribution in [0.4, 0.5) is 4.79 Å². The van der Waals surface area contributed by atoms with Gasteiger partial charge < -0.3 is 30.2 Å². The molecule has 0 atom stereocenters. The summed E-state index contributed by atoms with van der Waals surface area (Å²) in [6.07, 6.45) is 0. The van der Waals surface area contributed by atoms with Crippen LogP contribution in [0.15, 0.2) is 48.5 Å². The third-order valence-corrected chi connectivity index (χ3v) is 5.19. The molecule has 9 nitrogen and oxygen atoms in total. The third kappa shape index (κ3) is 8.99. The van der Waals surface area contributed by atoms with E-state index in [0.29, 0.717) is 19.7 Å². The minimum atomic E-state index is -0.409. The Morgan fingerprint density at radius 1 is 0.939 bits per heavy atom. The van der Waals surface area contributed by atoms with Gasteiger partial charge in [0, 0.05) is 32.7 Å². The summed E-state index contributed by atoms with van der Waals surface area (Å²) in [4.78, 5) is 26.3. The zero-order chi connectivity index (χ0) is 23.3.